The minimum atomic E-state index is -0.344. The third-order valence-corrected chi connectivity index (χ3v) is 3.31. The Hall–Kier alpha value is -1.95. The van der Waals surface area contributed by atoms with Crippen LogP contribution in [0.25, 0.3) is 0 Å². The van der Waals surface area contributed by atoms with Crippen molar-refractivity contribution in [2.75, 3.05) is 7.11 Å². The van der Waals surface area contributed by atoms with E-state index in [0.717, 1.165) is 5.82 Å². The van der Waals surface area contributed by atoms with Crippen LogP contribution in [0.2, 0.25) is 0 Å². The molecule has 2 aromatic rings. The summed E-state index contributed by atoms with van der Waals surface area (Å²) in [7, 11) is 1.46. The highest BCUT2D eigenvalue weighted by molar-refractivity contribution is 5.31. The number of nitrogens with zero attached hydrogens (tertiary/aromatic N) is 3. The van der Waals surface area contributed by atoms with Crippen molar-refractivity contribution in [2.45, 2.75) is 32.0 Å². The van der Waals surface area contributed by atoms with Crippen molar-refractivity contribution in [1.29, 1.82) is 0 Å². The molecule has 1 saturated carbocycles. The molecule has 1 aliphatic carbocycles. The lowest BCUT2D eigenvalue weighted by Gasteiger charge is -2.07. The predicted octanol–water partition coefficient (Wildman–Crippen LogP) is 1.73. The largest absolute Gasteiger partial charge is 0.494 e. The number of halogens is 1. The van der Waals surface area contributed by atoms with Gasteiger partial charge in [-0.1, -0.05) is 12.1 Å². The maximum Gasteiger partial charge on any atom is 0.170 e. The molecule has 0 spiro atoms. The highest BCUT2D eigenvalue weighted by Crippen LogP contribution is 2.21. The van der Waals surface area contributed by atoms with E-state index in [1.54, 1.807) is 29.2 Å². The van der Waals surface area contributed by atoms with Crippen molar-refractivity contribution in [3.05, 3.63) is 41.7 Å². The highest BCUT2D eigenvalue weighted by atomic mass is 19.1. The number of nitrogens with one attached hydrogen (secondary N) is 1. The van der Waals surface area contributed by atoms with Gasteiger partial charge in [0.05, 0.1) is 20.2 Å². The van der Waals surface area contributed by atoms with Gasteiger partial charge < -0.3 is 10.1 Å². The van der Waals surface area contributed by atoms with Crippen LogP contribution in [0.1, 0.15) is 24.2 Å². The molecule has 0 saturated heterocycles. The van der Waals surface area contributed by atoms with Crippen molar-refractivity contribution in [3.63, 3.8) is 0 Å². The van der Waals surface area contributed by atoms with Gasteiger partial charge in [-0.3, -0.25) is 0 Å². The molecule has 5 nitrogen and oxygen atoms in total. The molecule has 106 valence electrons. The van der Waals surface area contributed by atoms with Gasteiger partial charge in [0.15, 0.2) is 17.4 Å². The van der Waals surface area contributed by atoms with Gasteiger partial charge in [-0.2, -0.15) is 5.10 Å². The fraction of sp³-hybridized carbons (Fsp3) is 0.429. The normalized spacial score (nSPS) is 14.5. The first-order valence-corrected chi connectivity index (χ1v) is 6.69. The molecule has 20 heavy (non-hydrogen) atoms. The molecule has 0 amide bonds. The molecule has 0 radical (unpaired) electrons. The van der Waals surface area contributed by atoms with Crippen LogP contribution in [0.4, 0.5) is 4.39 Å². The summed E-state index contributed by atoms with van der Waals surface area (Å²) in [6.45, 7) is 1.01. The van der Waals surface area contributed by atoms with Gasteiger partial charge in [0.2, 0.25) is 0 Å². The number of rotatable bonds is 6. The minimum Gasteiger partial charge on any atom is -0.494 e. The van der Waals surface area contributed by atoms with Crippen LogP contribution in [0.5, 0.6) is 5.75 Å². The van der Waals surface area contributed by atoms with Gasteiger partial charge in [-0.15, -0.1) is 0 Å². The first kappa shape index (κ1) is 13.1. The zero-order valence-corrected chi connectivity index (χ0v) is 11.3. The van der Waals surface area contributed by atoms with E-state index in [-0.39, 0.29) is 11.6 Å². The van der Waals surface area contributed by atoms with E-state index >= 15 is 0 Å². The Balaban J connectivity index is 1.67. The first-order valence-electron chi connectivity index (χ1n) is 6.69. The van der Waals surface area contributed by atoms with E-state index in [1.165, 1.54) is 20.0 Å². The van der Waals surface area contributed by atoms with Crippen LogP contribution in [-0.2, 0) is 13.1 Å². The summed E-state index contributed by atoms with van der Waals surface area (Å²) in [4.78, 5) is 4.22. The number of hydrogen-bond acceptors (Lipinski definition) is 4. The van der Waals surface area contributed by atoms with E-state index in [1.807, 2.05) is 0 Å². The van der Waals surface area contributed by atoms with Gasteiger partial charge in [0, 0.05) is 11.6 Å². The summed E-state index contributed by atoms with van der Waals surface area (Å²) in [6.07, 6.45) is 4.09. The second kappa shape index (κ2) is 5.58. The average molecular weight is 276 g/mol. The molecule has 1 heterocycles. The van der Waals surface area contributed by atoms with Gasteiger partial charge in [-0.25, -0.2) is 14.1 Å². The molecule has 0 aliphatic heterocycles. The summed E-state index contributed by atoms with van der Waals surface area (Å²) in [5.74, 6) is 0.640. The molecule has 1 aromatic heterocycles. The third-order valence-electron chi connectivity index (χ3n) is 3.31. The van der Waals surface area contributed by atoms with Crippen LogP contribution < -0.4 is 10.1 Å². The molecule has 0 atom stereocenters. The molecular weight excluding hydrogens is 259 g/mol. The van der Waals surface area contributed by atoms with Crippen molar-refractivity contribution in [2.24, 2.45) is 0 Å². The zero-order chi connectivity index (χ0) is 13.9. The maximum absolute atomic E-state index is 14.0. The summed E-state index contributed by atoms with van der Waals surface area (Å²) in [5, 5.41) is 7.68. The topological polar surface area (TPSA) is 52.0 Å². The number of hydrogen-bond donors (Lipinski definition) is 1. The van der Waals surface area contributed by atoms with Crippen molar-refractivity contribution < 1.29 is 9.13 Å². The van der Waals surface area contributed by atoms with Crippen LogP contribution in [0, 0.1) is 5.82 Å². The second-order valence-electron chi connectivity index (χ2n) is 4.95. The Morgan fingerprint density at radius 2 is 2.30 bits per heavy atom. The van der Waals surface area contributed by atoms with E-state index < -0.39 is 0 Å². The summed E-state index contributed by atoms with van der Waals surface area (Å²) >= 11 is 0. The first-order chi connectivity index (χ1) is 9.76. The number of methoxy groups -OCH3 is 1. The Morgan fingerprint density at radius 3 is 3.05 bits per heavy atom. The minimum absolute atomic E-state index is 0.248. The van der Waals surface area contributed by atoms with Gasteiger partial charge in [-0.05, 0) is 18.9 Å². The van der Waals surface area contributed by atoms with Crippen molar-refractivity contribution >= 4 is 0 Å². The predicted molar refractivity (Wildman–Crippen MR) is 71.9 cm³/mol. The third kappa shape index (κ3) is 2.96. The maximum atomic E-state index is 14.0. The average Bonchev–Trinajstić information content (AvgIpc) is 3.19. The van der Waals surface area contributed by atoms with Crippen LogP contribution in [0.15, 0.2) is 24.5 Å². The number of benzene rings is 1. The van der Waals surface area contributed by atoms with E-state index in [2.05, 4.69) is 15.4 Å². The lowest BCUT2D eigenvalue weighted by Crippen LogP contribution is -2.16. The quantitative estimate of drug-likeness (QED) is 0.873. The molecule has 0 bridgehead atoms. The summed E-state index contributed by atoms with van der Waals surface area (Å²) < 4.78 is 20.6. The Kier molecular flexibility index (Phi) is 3.64. The zero-order valence-electron chi connectivity index (χ0n) is 11.3. The van der Waals surface area contributed by atoms with Gasteiger partial charge in [0.1, 0.15) is 6.33 Å². The molecule has 1 aliphatic rings. The van der Waals surface area contributed by atoms with Crippen LogP contribution in [0.3, 0.4) is 0 Å². The van der Waals surface area contributed by atoms with E-state index in [0.29, 0.717) is 24.7 Å². The molecule has 6 heteroatoms. The molecule has 1 aromatic carbocycles. The van der Waals surface area contributed by atoms with E-state index in [9.17, 15) is 4.39 Å². The molecule has 1 N–H and O–H groups in total. The van der Waals surface area contributed by atoms with Crippen molar-refractivity contribution in [1.82, 2.24) is 20.1 Å². The molecule has 3 rings (SSSR count). The second-order valence-corrected chi connectivity index (χ2v) is 4.95. The standard InChI is InChI=1S/C14H17FN4O/c1-20-12-4-2-3-10(14(12)15)8-19-9-17-13(18-19)7-16-11-5-6-11/h2-4,9,11,16H,5-8H2,1H3. The Bertz CT molecular complexity index is 595. The highest BCUT2D eigenvalue weighted by Gasteiger charge is 2.20. The molecule has 1 fully saturated rings. The number of aromatic nitrogens is 3. The number of ether oxygens (including phenoxy) is 1. The smallest absolute Gasteiger partial charge is 0.170 e. The monoisotopic (exact) mass is 276 g/mol. The SMILES string of the molecule is COc1cccc(Cn2cnc(CNC3CC3)n2)c1F. The fourth-order valence-electron chi connectivity index (χ4n) is 2.02. The summed E-state index contributed by atoms with van der Waals surface area (Å²) in [5.41, 5.74) is 0.538. The lowest BCUT2D eigenvalue weighted by molar-refractivity contribution is 0.383. The van der Waals surface area contributed by atoms with Crippen molar-refractivity contribution in [3.8, 4) is 5.75 Å². The Morgan fingerprint density at radius 1 is 1.45 bits per heavy atom. The Labute approximate surface area is 116 Å². The summed E-state index contributed by atoms with van der Waals surface area (Å²) in [6, 6.07) is 5.72. The van der Waals surface area contributed by atoms with Gasteiger partial charge in [0.25, 0.3) is 0 Å². The van der Waals surface area contributed by atoms with Gasteiger partial charge >= 0.3 is 0 Å². The van der Waals surface area contributed by atoms with Crippen LogP contribution in [-0.4, -0.2) is 27.9 Å². The molecular formula is C14H17FN4O. The fourth-order valence-corrected chi connectivity index (χ4v) is 2.02. The lowest BCUT2D eigenvalue weighted by atomic mass is 10.2. The van der Waals surface area contributed by atoms with Crippen LogP contribution >= 0.6 is 0 Å². The van der Waals surface area contributed by atoms with E-state index in [4.69, 9.17) is 4.74 Å². The molecule has 0 unspecified atom stereocenters.